The van der Waals surface area contributed by atoms with E-state index in [2.05, 4.69) is 13.0 Å². The first-order valence-corrected chi connectivity index (χ1v) is 12.3. The molecule has 2 aromatic carbocycles. The Morgan fingerprint density at radius 3 is 2.24 bits per heavy atom. The minimum atomic E-state index is -1.08. The number of likely N-dealkylation sites (N-methyl/N-ethyl adjacent to an activating group) is 1. The largest absolute Gasteiger partial charge is 0.636 e. The number of carbonyl (C=O) groups is 3. The molecule has 2 aromatic rings. The zero-order valence-electron chi connectivity index (χ0n) is 21.3. The van der Waals surface area contributed by atoms with Crippen LogP contribution in [0.2, 0.25) is 0 Å². The summed E-state index contributed by atoms with van der Waals surface area (Å²) in [5, 5.41) is 0. The zero-order valence-corrected chi connectivity index (χ0v) is 21.3. The molecule has 0 radical (unpaired) electrons. The van der Waals surface area contributed by atoms with Crippen molar-refractivity contribution in [1.29, 1.82) is 0 Å². The second-order valence-electron chi connectivity index (χ2n) is 9.13. The topological polar surface area (TPSA) is 91.4 Å². The van der Waals surface area contributed by atoms with Gasteiger partial charge in [0.25, 0.3) is 0 Å². The maximum Gasteiger partial charge on any atom is 0.636 e. The van der Waals surface area contributed by atoms with Crippen molar-refractivity contribution in [3.63, 3.8) is 0 Å². The van der Waals surface area contributed by atoms with Crippen LogP contribution in [0.25, 0.3) is 0 Å². The predicted molar refractivity (Wildman–Crippen MR) is 139 cm³/mol. The standard InChI is InChI=1S/C28H30BNO7/c1-4-5-26(35-22-10-6-20(18-31)7-11-22)24-14-15-25(19(24)2)34-23-12-8-21(9-13-23)29-36-27(32)16-30(3)17-28(33)37-29/h5-13,18,25H,4,14-17H2,1-3H3/b26-5+. The molecule has 0 aromatic heterocycles. The fourth-order valence-corrected chi connectivity index (χ4v) is 4.34. The fourth-order valence-electron chi connectivity index (χ4n) is 4.34. The van der Waals surface area contributed by atoms with Crippen LogP contribution in [0.1, 0.15) is 43.5 Å². The van der Waals surface area contributed by atoms with Gasteiger partial charge in [-0.3, -0.25) is 19.3 Å². The summed E-state index contributed by atoms with van der Waals surface area (Å²) in [7, 11) is 0.570. The Morgan fingerprint density at radius 1 is 1.03 bits per heavy atom. The summed E-state index contributed by atoms with van der Waals surface area (Å²) < 4.78 is 23.1. The Bertz CT molecular complexity index is 1180. The lowest BCUT2D eigenvalue weighted by molar-refractivity contribution is -0.145. The number of benzene rings is 2. The SMILES string of the molecule is CC/C=C(/Oc1ccc(C=O)cc1)C1=C(C)C(Oc2ccc(B3OC(=O)CN(C)CC(=O)O3)cc2)CC1. The molecule has 1 atom stereocenters. The van der Waals surface area contributed by atoms with Crippen LogP contribution in [0.4, 0.5) is 0 Å². The van der Waals surface area contributed by atoms with Crippen LogP contribution in [0.3, 0.4) is 0 Å². The van der Waals surface area contributed by atoms with Crippen LogP contribution >= 0.6 is 0 Å². The number of carbonyl (C=O) groups excluding carboxylic acids is 3. The van der Waals surface area contributed by atoms with E-state index in [-0.39, 0.29) is 19.2 Å². The van der Waals surface area contributed by atoms with Crippen molar-refractivity contribution in [2.24, 2.45) is 0 Å². The van der Waals surface area contributed by atoms with Crippen molar-refractivity contribution >= 4 is 30.8 Å². The summed E-state index contributed by atoms with van der Waals surface area (Å²) in [5.41, 5.74) is 3.37. The molecular formula is C28H30BNO7. The highest BCUT2D eigenvalue weighted by molar-refractivity contribution is 6.64. The van der Waals surface area contributed by atoms with Gasteiger partial charge in [0.1, 0.15) is 29.6 Å². The number of ether oxygens (including phenoxy) is 2. The normalized spacial score (nSPS) is 19.2. The minimum absolute atomic E-state index is 0.0185. The van der Waals surface area contributed by atoms with E-state index in [9.17, 15) is 14.4 Å². The molecule has 1 fully saturated rings. The Kier molecular flexibility index (Phi) is 8.45. The van der Waals surface area contributed by atoms with Gasteiger partial charge in [0.2, 0.25) is 0 Å². The number of rotatable bonds is 8. The molecule has 0 bridgehead atoms. The summed E-state index contributed by atoms with van der Waals surface area (Å²) in [4.78, 5) is 36.5. The van der Waals surface area contributed by atoms with Crippen molar-refractivity contribution < 1.29 is 33.2 Å². The van der Waals surface area contributed by atoms with Gasteiger partial charge in [0, 0.05) is 11.0 Å². The first-order valence-electron chi connectivity index (χ1n) is 12.3. The summed E-state index contributed by atoms with van der Waals surface area (Å²) >= 11 is 0. The third kappa shape index (κ3) is 6.68. The van der Waals surface area contributed by atoms with Crippen LogP contribution in [0.5, 0.6) is 11.5 Å². The Labute approximate surface area is 217 Å². The molecule has 1 unspecified atom stereocenters. The number of hydrogen-bond donors (Lipinski definition) is 0. The molecule has 0 amide bonds. The number of hydrogen-bond acceptors (Lipinski definition) is 8. The van der Waals surface area contributed by atoms with Crippen molar-refractivity contribution in [3.05, 3.63) is 77.1 Å². The monoisotopic (exact) mass is 503 g/mol. The number of nitrogens with zero attached hydrogens (tertiary/aromatic N) is 1. The fraction of sp³-hybridized carbons (Fsp3) is 0.321. The van der Waals surface area contributed by atoms with Gasteiger partial charge in [0.05, 0.1) is 13.1 Å². The lowest BCUT2D eigenvalue weighted by Gasteiger charge is -2.22. The van der Waals surface area contributed by atoms with E-state index < -0.39 is 19.1 Å². The van der Waals surface area contributed by atoms with E-state index >= 15 is 0 Å². The van der Waals surface area contributed by atoms with E-state index in [1.165, 1.54) is 0 Å². The van der Waals surface area contributed by atoms with Gasteiger partial charge >= 0.3 is 19.1 Å². The summed E-state index contributed by atoms with van der Waals surface area (Å²) in [6, 6.07) is 14.1. The van der Waals surface area contributed by atoms with Gasteiger partial charge in [-0.05, 0) is 86.9 Å². The van der Waals surface area contributed by atoms with E-state index in [4.69, 9.17) is 18.8 Å². The van der Waals surface area contributed by atoms with Crippen molar-refractivity contribution in [3.8, 4) is 11.5 Å². The van der Waals surface area contributed by atoms with E-state index in [1.807, 2.05) is 6.92 Å². The second kappa shape index (κ2) is 11.9. The average Bonchev–Trinajstić information content (AvgIpc) is 3.23. The molecule has 192 valence electrons. The highest BCUT2D eigenvalue weighted by Gasteiger charge is 2.34. The summed E-state index contributed by atoms with van der Waals surface area (Å²) in [5.74, 6) is 1.21. The molecule has 2 aliphatic rings. The van der Waals surface area contributed by atoms with Gasteiger partial charge in [-0.1, -0.05) is 19.1 Å². The number of aldehydes is 1. The highest BCUT2D eigenvalue weighted by atomic mass is 16.6. The Balaban J connectivity index is 1.44. The Morgan fingerprint density at radius 2 is 1.65 bits per heavy atom. The van der Waals surface area contributed by atoms with Crippen LogP contribution in [-0.4, -0.2) is 56.5 Å². The molecule has 0 N–H and O–H groups in total. The molecular weight excluding hydrogens is 473 g/mol. The summed E-state index contributed by atoms with van der Waals surface area (Å²) in [6.07, 6.45) is 5.19. The third-order valence-electron chi connectivity index (χ3n) is 6.25. The number of allylic oxidation sites excluding steroid dienone is 2. The molecule has 0 saturated carbocycles. The van der Waals surface area contributed by atoms with Crippen molar-refractivity contribution in [2.45, 2.75) is 39.2 Å². The van der Waals surface area contributed by atoms with E-state index in [1.54, 1.807) is 60.5 Å². The van der Waals surface area contributed by atoms with Gasteiger partial charge in [0.15, 0.2) is 0 Å². The second-order valence-corrected chi connectivity index (χ2v) is 9.13. The lowest BCUT2D eigenvalue weighted by atomic mass is 9.78. The molecule has 1 aliphatic heterocycles. The molecule has 37 heavy (non-hydrogen) atoms. The predicted octanol–water partition coefficient (Wildman–Crippen LogP) is 3.46. The molecule has 1 saturated heterocycles. The first kappa shape index (κ1) is 26.2. The zero-order chi connectivity index (χ0) is 26.4. The van der Waals surface area contributed by atoms with Crippen LogP contribution < -0.4 is 14.9 Å². The lowest BCUT2D eigenvalue weighted by Crippen LogP contribution is -2.47. The molecule has 8 nitrogen and oxygen atoms in total. The van der Waals surface area contributed by atoms with Gasteiger partial charge in [-0.25, -0.2) is 0 Å². The van der Waals surface area contributed by atoms with Crippen LogP contribution in [0.15, 0.2) is 71.5 Å². The minimum Gasteiger partial charge on any atom is -0.494 e. The Hall–Kier alpha value is -3.85. The molecule has 9 heteroatoms. The van der Waals surface area contributed by atoms with Crippen molar-refractivity contribution in [1.82, 2.24) is 4.90 Å². The quantitative estimate of drug-likeness (QED) is 0.308. The van der Waals surface area contributed by atoms with Crippen LogP contribution in [0, 0.1) is 0 Å². The van der Waals surface area contributed by atoms with Crippen LogP contribution in [-0.2, 0) is 18.9 Å². The van der Waals surface area contributed by atoms with Gasteiger partial charge in [-0.15, -0.1) is 0 Å². The molecule has 1 aliphatic carbocycles. The van der Waals surface area contributed by atoms with Gasteiger partial charge < -0.3 is 18.8 Å². The maximum atomic E-state index is 12.0. The first-order chi connectivity index (χ1) is 17.9. The van der Waals surface area contributed by atoms with Crippen molar-refractivity contribution in [2.75, 3.05) is 20.1 Å². The van der Waals surface area contributed by atoms with E-state index in [0.29, 0.717) is 22.5 Å². The summed E-state index contributed by atoms with van der Waals surface area (Å²) in [6.45, 7) is 4.14. The molecule has 0 spiro atoms. The average molecular weight is 503 g/mol. The molecule has 4 rings (SSSR count). The van der Waals surface area contributed by atoms with Gasteiger partial charge in [-0.2, -0.15) is 0 Å². The smallest absolute Gasteiger partial charge is 0.494 e. The highest BCUT2D eigenvalue weighted by Crippen LogP contribution is 2.35. The molecule has 1 heterocycles. The third-order valence-corrected chi connectivity index (χ3v) is 6.25. The maximum absolute atomic E-state index is 12.0. The van der Waals surface area contributed by atoms with E-state index in [0.717, 1.165) is 42.5 Å².